The van der Waals surface area contributed by atoms with Crippen molar-refractivity contribution in [3.63, 3.8) is 0 Å². The van der Waals surface area contributed by atoms with Crippen LogP contribution in [-0.4, -0.2) is 67.7 Å². The Morgan fingerprint density at radius 3 is 2.79 bits per heavy atom. The van der Waals surface area contributed by atoms with Gasteiger partial charge in [0.1, 0.15) is 24.5 Å². The highest BCUT2D eigenvalue weighted by molar-refractivity contribution is 5.74. The highest BCUT2D eigenvalue weighted by Gasteiger charge is 2.15. The second-order valence-corrected chi connectivity index (χ2v) is 4.48. The summed E-state index contributed by atoms with van der Waals surface area (Å²) in [6.45, 7) is 4.05. The molecule has 19 heavy (non-hydrogen) atoms. The quantitative estimate of drug-likeness (QED) is 0.757. The first-order chi connectivity index (χ1) is 9.19. The lowest BCUT2D eigenvalue weighted by atomic mass is 10.3. The third-order valence-electron chi connectivity index (χ3n) is 3.12. The van der Waals surface area contributed by atoms with Crippen LogP contribution < -0.4 is 10.2 Å². The summed E-state index contributed by atoms with van der Waals surface area (Å²) in [4.78, 5) is 23.9. The molecule has 0 saturated carbocycles. The van der Waals surface area contributed by atoms with Gasteiger partial charge in [-0.05, 0) is 7.05 Å². The maximum atomic E-state index is 11.1. The second-order valence-electron chi connectivity index (χ2n) is 4.48. The smallest absolute Gasteiger partial charge is 0.325 e. The highest BCUT2D eigenvalue weighted by Crippen LogP contribution is 2.15. The summed E-state index contributed by atoms with van der Waals surface area (Å²) in [6, 6.07) is 1.86. The molecule has 0 unspecified atom stereocenters. The number of rotatable bonds is 4. The van der Waals surface area contributed by atoms with Gasteiger partial charge in [-0.15, -0.1) is 0 Å². The molecule has 1 aliphatic rings. The number of esters is 1. The first kappa shape index (κ1) is 13.5. The van der Waals surface area contributed by atoms with Crippen LogP contribution >= 0.6 is 0 Å². The number of nitrogens with zero attached hydrogens (tertiary/aromatic N) is 4. The van der Waals surface area contributed by atoms with Crippen molar-refractivity contribution in [1.82, 2.24) is 14.9 Å². The molecule has 0 spiro atoms. The van der Waals surface area contributed by atoms with E-state index in [2.05, 4.69) is 36.9 Å². The number of ether oxygens (including phenoxy) is 1. The molecule has 104 valence electrons. The lowest BCUT2D eigenvalue weighted by Gasteiger charge is -2.33. The van der Waals surface area contributed by atoms with Crippen LogP contribution in [0.25, 0.3) is 0 Å². The van der Waals surface area contributed by atoms with Crippen LogP contribution in [0.4, 0.5) is 11.6 Å². The summed E-state index contributed by atoms with van der Waals surface area (Å²) in [5.74, 6) is 1.20. The summed E-state index contributed by atoms with van der Waals surface area (Å²) >= 11 is 0. The van der Waals surface area contributed by atoms with Gasteiger partial charge in [0.25, 0.3) is 0 Å². The molecular weight excluding hydrogens is 246 g/mol. The topological polar surface area (TPSA) is 70.6 Å². The molecule has 7 nitrogen and oxygen atoms in total. The van der Waals surface area contributed by atoms with E-state index in [1.807, 2.05) is 6.07 Å². The van der Waals surface area contributed by atoms with Crippen LogP contribution in [0.3, 0.4) is 0 Å². The zero-order chi connectivity index (χ0) is 13.7. The minimum Gasteiger partial charge on any atom is -0.468 e. The van der Waals surface area contributed by atoms with E-state index in [0.29, 0.717) is 5.82 Å². The summed E-state index contributed by atoms with van der Waals surface area (Å²) in [5, 5.41) is 2.92. The minimum absolute atomic E-state index is 0.107. The van der Waals surface area contributed by atoms with Crippen LogP contribution in [0.15, 0.2) is 12.4 Å². The van der Waals surface area contributed by atoms with Gasteiger partial charge in [-0.1, -0.05) is 0 Å². The number of anilines is 2. The minimum atomic E-state index is -0.320. The molecule has 2 heterocycles. The molecule has 1 aromatic rings. The van der Waals surface area contributed by atoms with E-state index in [1.54, 1.807) is 0 Å². The molecule has 0 amide bonds. The second kappa shape index (κ2) is 6.33. The Morgan fingerprint density at radius 1 is 1.37 bits per heavy atom. The molecule has 0 aliphatic carbocycles. The van der Waals surface area contributed by atoms with Crippen molar-refractivity contribution in [2.45, 2.75) is 0 Å². The van der Waals surface area contributed by atoms with Crippen LogP contribution in [0.1, 0.15) is 0 Å². The average Bonchev–Trinajstić information content (AvgIpc) is 2.46. The van der Waals surface area contributed by atoms with E-state index in [9.17, 15) is 4.79 Å². The molecule has 1 aliphatic heterocycles. The predicted octanol–water partition coefficient (Wildman–Crippen LogP) is -0.187. The van der Waals surface area contributed by atoms with Crippen molar-refractivity contribution < 1.29 is 9.53 Å². The maximum absolute atomic E-state index is 11.1. The first-order valence-electron chi connectivity index (χ1n) is 6.25. The summed E-state index contributed by atoms with van der Waals surface area (Å²) in [7, 11) is 3.47. The van der Waals surface area contributed by atoms with E-state index in [-0.39, 0.29) is 12.5 Å². The monoisotopic (exact) mass is 265 g/mol. The predicted molar refractivity (Wildman–Crippen MR) is 72.2 cm³/mol. The van der Waals surface area contributed by atoms with Crippen molar-refractivity contribution >= 4 is 17.6 Å². The zero-order valence-electron chi connectivity index (χ0n) is 11.3. The fourth-order valence-electron chi connectivity index (χ4n) is 1.89. The number of hydrogen-bond acceptors (Lipinski definition) is 7. The van der Waals surface area contributed by atoms with Gasteiger partial charge in [-0.25, -0.2) is 9.97 Å². The fourth-order valence-corrected chi connectivity index (χ4v) is 1.89. The van der Waals surface area contributed by atoms with Crippen LogP contribution in [0, 0.1) is 0 Å². The molecule has 0 bridgehead atoms. The molecular formula is C12H19N5O2. The molecule has 1 aromatic heterocycles. The Bertz CT molecular complexity index is 432. The fraction of sp³-hybridized carbons (Fsp3) is 0.583. The Kier molecular flexibility index (Phi) is 4.51. The van der Waals surface area contributed by atoms with Gasteiger partial charge in [0, 0.05) is 32.2 Å². The van der Waals surface area contributed by atoms with Crippen LogP contribution in [-0.2, 0) is 9.53 Å². The van der Waals surface area contributed by atoms with E-state index in [0.717, 1.165) is 32.0 Å². The van der Waals surface area contributed by atoms with Crippen molar-refractivity contribution in [1.29, 1.82) is 0 Å². The molecule has 1 saturated heterocycles. The molecule has 0 atom stereocenters. The average molecular weight is 265 g/mol. The van der Waals surface area contributed by atoms with E-state index in [4.69, 9.17) is 0 Å². The van der Waals surface area contributed by atoms with Gasteiger partial charge >= 0.3 is 5.97 Å². The Balaban J connectivity index is 1.96. The number of carbonyl (C=O) groups is 1. The third kappa shape index (κ3) is 3.78. The number of carbonyl (C=O) groups excluding carboxylic acids is 1. The first-order valence-corrected chi connectivity index (χ1v) is 6.25. The van der Waals surface area contributed by atoms with Gasteiger partial charge in [-0.3, -0.25) is 4.79 Å². The van der Waals surface area contributed by atoms with E-state index >= 15 is 0 Å². The van der Waals surface area contributed by atoms with Gasteiger partial charge in [-0.2, -0.15) is 0 Å². The Hall–Kier alpha value is -1.89. The number of aromatic nitrogens is 2. The Morgan fingerprint density at radius 2 is 2.11 bits per heavy atom. The van der Waals surface area contributed by atoms with Crippen molar-refractivity contribution in [3.8, 4) is 0 Å². The normalized spacial score (nSPS) is 16.2. The van der Waals surface area contributed by atoms with Gasteiger partial charge in [0.05, 0.1) is 7.11 Å². The van der Waals surface area contributed by atoms with E-state index < -0.39 is 0 Å². The molecule has 0 radical (unpaired) electrons. The molecule has 7 heteroatoms. The maximum Gasteiger partial charge on any atom is 0.325 e. The Labute approximate surface area is 112 Å². The summed E-state index contributed by atoms with van der Waals surface area (Å²) in [6.07, 6.45) is 1.51. The van der Waals surface area contributed by atoms with E-state index in [1.165, 1.54) is 13.4 Å². The van der Waals surface area contributed by atoms with Crippen molar-refractivity contribution in [2.75, 3.05) is 57.1 Å². The number of nitrogens with one attached hydrogen (secondary N) is 1. The van der Waals surface area contributed by atoms with Crippen molar-refractivity contribution in [2.24, 2.45) is 0 Å². The SMILES string of the molecule is COC(=O)CNc1cc(N2CCN(C)CC2)ncn1. The highest BCUT2D eigenvalue weighted by atomic mass is 16.5. The van der Waals surface area contributed by atoms with Gasteiger partial charge < -0.3 is 19.9 Å². The summed E-state index contributed by atoms with van der Waals surface area (Å²) in [5.41, 5.74) is 0. The number of methoxy groups -OCH3 is 1. The molecule has 1 fully saturated rings. The van der Waals surface area contributed by atoms with Gasteiger partial charge in [0.15, 0.2) is 0 Å². The summed E-state index contributed by atoms with van der Waals surface area (Å²) < 4.78 is 4.57. The number of likely N-dealkylation sites (N-methyl/N-ethyl adjacent to an activating group) is 1. The zero-order valence-corrected chi connectivity index (χ0v) is 11.3. The van der Waals surface area contributed by atoms with Crippen molar-refractivity contribution in [3.05, 3.63) is 12.4 Å². The van der Waals surface area contributed by atoms with Gasteiger partial charge in [0.2, 0.25) is 0 Å². The number of hydrogen-bond donors (Lipinski definition) is 1. The molecule has 1 N–H and O–H groups in total. The lowest BCUT2D eigenvalue weighted by Crippen LogP contribution is -2.44. The lowest BCUT2D eigenvalue weighted by molar-refractivity contribution is -0.138. The molecule has 2 rings (SSSR count). The number of piperazine rings is 1. The van der Waals surface area contributed by atoms with Crippen LogP contribution in [0.2, 0.25) is 0 Å². The third-order valence-corrected chi connectivity index (χ3v) is 3.12. The molecule has 0 aromatic carbocycles. The largest absolute Gasteiger partial charge is 0.468 e. The standard InChI is InChI=1S/C12H19N5O2/c1-16-3-5-17(6-4-16)11-7-10(14-9-15-11)13-8-12(18)19-2/h7,9H,3-6,8H2,1-2H3,(H,13,14,15). The van der Waals surface area contributed by atoms with Crippen LogP contribution in [0.5, 0.6) is 0 Å².